The molecule has 0 bridgehead atoms. The molecule has 5 heteroatoms. The Bertz CT molecular complexity index is 249. The Hall–Kier alpha value is -0.0000000000000000555. The zero-order valence-corrected chi connectivity index (χ0v) is 9.16. The normalized spacial score (nSPS) is 20.9. The average Bonchev–Trinajstić information content (AvgIpc) is 2.00. The highest BCUT2D eigenvalue weighted by atomic mass is 32.2. The van der Waals surface area contributed by atoms with E-state index in [0.717, 1.165) is 18.1 Å². The van der Waals surface area contributed by atoms with Crippen LogP contribution in [0.3, 0.4) is 0 Å². The minimum atomic E-state index is -2.66. The van der Waals surface area contributed by atoms with Crippen molar-refractivity contribution in [1.82, 2.24) is 5.32 Å². The van der Waals surface area contributed by atoms with E-state index in [-0.39, 0.29) is 6.04 Å². The fourth-order valence-corrected chi connectivity index (χ4v) is 3.14. The number of hydrogen-bond donors (Lipinski definition) is 1. The van der Waals surface area contributed by atoms with Gasteiger partial charge in [0.2, 0.25) is 0 Å². The van der Waals surface area contributed by atoms with Crippen molar-refractivity contribution in [1.29, 1.82) is 0 Å². The molecule has 3 nitrogen and oxygen atoms in total. The first kappa shape index (κ1) is 11.1. The van der Waals surface area contributed by atoms with Crippen molar-refractivity contribution >= 4 is 21.6 Å². The SMILES string of the molecule is C=CCSCCNC1CS(=O)(=O)C1. The molecule has 0 spiro atoms. The van der Waals surface area contributed by atoms with E-state index >= 15 is 0 Å². The molecule has 1 aliphatic rings. The lowest BCUT2D eigenvalue weighted by Crippen LogP contribution is -2.51. The van der Waals surface area contributed by atoms with E-state index in [1.165, 1.54) is 0 Å². The maximum Gasteiger partial charge on any atom is 0.153 e. The number of sulfone groups is 1. The molecule has 1 saturated heterocycles. The van der Waals surface area contributed by atoms with Gasteiger partial charge in [0.15, 0.2) is 9.84 Å². The summed E-state index contributed by atoms with van der Waals surface area (Å²) < 4.78 is 21.5. The van der Waals surface area contributed by atoms with Crippen LogP contribution in [0.2, 0.25) is 0 Å². The first-order chi connectivity index (χ1) is 6.14. The summed E-state index contributed by atoms with van der Waals surface area (Å²) in [5.41, 5.74) is 0. The minimum Gasteiger partial charge on any atom is -0.311 e. The monoisotopic (exact) mass is 221 g/mol. The Labute approximate surface area is 83.9 Å². The second kappa shape index (κ2) is 5.02. The summed E-state index contributed by atoms with van der Waals surface area (Å²) in [6.07, 6.45) is 1.87. The van der Waals surface area contributed by atoms with Crippen LogP contribution < -0.4 is 5.32 Å². The molecule has 1 aliphatic heterocycles. The highest BCUT2D eigenvalue weighted by molar-refractivity contribution is 7.99. The Balaban J connectivity index is 1.94. The molecule has 1 rings (SSSR count). The molecular weight excluding hydrogens is 206 g/mol. The number of rotatable bonds is 6. The molecule has 0 amide bonds. The summed E-state index contributed by atoms with van der Waals surface area (Å²) in [6.45, 7) is 4.51. The molecule has 13 heavy (non-hydrogen) atoms. The van der Waals surface area contributed by atoms with Crippen LogP contribution in [0.4, 0.5) is 0 Å². The van der Waals surface area contributed by atoms with Gasteiger partial charge in [-0.05, 0) is 0 Å². The fraction of sp³-hybridized carbons (Fsp3) is 0.750. The summed E-state index contributed by atoms with van der Waals surface area (Å²) in [5, 5.41) is 3.20. The molecule has 1 fully saturated rings. The van der Waals surface area contributed by atoms with E-state index in [0.29, 0.717) is 11.5 Å². The summed E-state index contributed by atoms with van der Waals surface area (Å²) in [7, 11) is -2.66. The molecule has 0 atom stereocenters. The Morgan fingerprint density at radius 1 is 1.54 bits per heavy atom. The van der Waals surface area contributed by atoms with E-state index in [4.69, 9.17) is 0 Å². The van der Waals surface area contributed by atoms with Crippen LogP contribution in [0.15, 0.2) is 12.7 Å². The van der Waals surface area contributed by atoms with Gasteiger partial charge in [-0.2, -0.15) is 11.8 Å². The summed E-state index contributed by atoms with van der Waals surface area (Å²) >= 11 is 1.80. The van der Waals surface area contributed by atoms with Crippen LogP contribution in [0.25, 0.3) is 0 Å². The standard InChI is InChI=1S/C8H15NO2S2/c1-2-4-12-5-3-9-8-6-13(10,11)7-8/h2,8-9H,1,3-7H2. The maximum atomic E-state index is 10.8. The highest BCUT2D eigenvalue weighted by Crippen LogP contribution is 2.10. The molecule has 0 saturated carbocycles. The zero-order chi connectivity index (χ0) is 9.73. The van der Waals surface area contributed by atoms with Gasteiger partial charge in [0, 0.05) is 24.1 Å². The van der Waals surface area contributed by atoms with Gasteiger partial charge in [0.1, 0.15) is 0 Å². The van der Waals surface area contributed by atoms with Gasteiger partial charge in [-0.15, -0.1) is 6.58 Å². The van der Waals surface area contributed by atoms with Gasteiger partial charge in [-0.25, -0.2) is 8.42 Å². The molecule has 0 aromatic heterocycles. The largest absolute Gasteiger partial charge is 0.311 e. The quantitative estimate of drug-likeness (QED) is 0.517. The van der Waals surface area contributed by atoms with Crippen LogP contribution in [-0.4, -0.2) is 44.0 Å². The van der Waals surface area contributed by atoms with Crippen molar-refractivity contribution in [3.63, 3.8) is 0 Å². The fourth-order valence-electron chi connectivity index (χ4n) is 1.18. The Morgan fingerprint density at radius 3 is 2.77 bits per heavy atom. The molecule has 1 N–H and O–H groups in total. The summed E-state index contributed by atoms with van der Waals surface area (Å²) in [6, 6.07) is 0.203. The average molecular weight is 221 g/mol. The molecule has 0 unspecified atom stereocenters. The van der Waals surface area contributed by atoms with Crippen molar-refractivity contribution in [2.75, 3.05) is 29.6 Å². The molecule has 0 aliphatic carbocycles. The smallest absolute Gasteiger partial charge is 0.153 e. The van der Waals surface area contributed by atoms with Gasteiger partial charge in [-0.3, -0.25) is 0 Å². The van der Waals surface area contributed by atoms with Crippen LogP contribution >= 0.6 is 11.8 Å². The number of hydrogen-bond acceptors (Lipinski definition) is 4. The van der Waals surface area contributed by atoms with Gasteiger partial charge in [0.25, 0.3) is 0 Å². The Kier molecular flexibility index (Phi) is 4.28. The lowest BCUT2D eigenvalue weighted by atomic mass is 10.4. The van der Waals surface area contributed by atoms with Gasteiger partial charge < -0.3 is 5.32 Å². The van der Waals surface area contributed by atoms with E-state index in [2.05, 4.69) is 11.9 Å². The topological polar surface area (TPSA) is 46.2 Å². The third-order valence-corrected chi connectivity index (χ3v) is 4.61. The lowest BCUT2D eigenvalue weighted by Gasteiger charge is -2.26. The Morgan fingerprint density at radius 2 is 2.23 bits per heavy atom. The second-order valence-corrected chi connectivity index (χ2v) is 6.40. The van der Waals surface area contributed by atoms with E-state index in [9.17, 15) is 8.42 Å². The maximum absolute atomic E-state index is 10.8. The third-order valence-electron chi connectivity index (χ3n) is 1.83. The van der Waals surface area contributed by atoms with Gasteiger partial charge >= 0.3 is 0 Å². The predicted octanol–water partition coefficient (Wildman–Crippen LogP) is 0.292. The molecule has 0 aromatic carbocycles. The zero-order valence-electron chi connectivity index (χ0n) is 7.53. The van der Waals surface area contributed by atoms with Crippen molar-refractivity contribution in [3.8, 4) is 0 Å². The summed E-state index contributed by atoms with van der Waals surface area (Å²) in [5.74, 6) is 2.62. The molecular formula is C8H15NO2S2. The van der Waals surface area contributed by atoms with Crippen molar-refractivity contribution in [3.05, 3.63) is 12.7 Å². The van der Waals surface area contributed by atoms with Crippen LogP contribution in [-0.2, 0) is 9.84 Å². The van der Waals surface area contributed by atoms with Crippen LogP contribution in [0.1, 0.15) is 0 Å². The molecule has 1 heterocycles. The van der Waals surface area contributed by atoms with Crippen molar-refractivity contribution in [2.24, 2.45) is 0 Å². The van der Waals surface area contributed by atoms with Crippen molar-refractivity contribution < 1.29 is 8.42 Å². The number of nitrogens with one attached hydrogen (secondary N) is 1. The first-order valence-electron chi connectivity index (χ1n) is 4.26. The van der Waals surface area contributed by atoms with Crippen molar-refractivity contribution in [2.45, 2.75) is 6.04 Å². The van der Waals surface area contributed by atoms with E-state index in [1.807, 2.05) is 6.08 Å². The van der Waals surface area contributed by atoms with Crippen LogP contribution in [0, 0.1) is 0 Å². The van der Waals surface area contributed by atoms with Gasteiger partial charge in [-0.1, -0.05) is 6.08 Å². The van der Waals surface area contributed by atoms with E-state index in [1.54, 1.807) is 11.8 Å². The first-order valence-corrected chi connectivity index (χ1v) is 7.24. The second-order valence-electron chi connectivity index (χ2n) is 3.09. The lowest BCUT2D eigenvalue weighted by molar-refractivity contribution is 0.522. The number of thioether (sulfide) groups is 1. The van der Waals surface area contributed by atoms with Crippen LogP contribution in [0.5, 0.6) is 0 Å². The molecule has 0 radical (unpaired) electrons. The van der Waals surface area contributed by atoms with E-state index < -0.39 is 9.84 Å². The highest BCUT2D eigenvalue weighted by Gasteiger charge is 2.32. The minimum absolute atomic E-state index is 0.203. The molecule has 0 aromatic rings. The summed E-state index contributed by atoms with van der Waals surface area (Å²) in [4.78, 5) is 0. The third kappa shape index (κ3) is 4.15. The molecule has 76 valence electrons. The van der Waals surface area contributed by atoms with Gasteiger partial charge in [0.05, 0.1) is 11.5 Å². The predicted molar refractivity (Wildman–Crippen MR) is 58.0 cm³/mol.